The fourth-order valence-electron chi connectivity index (χ4n) is 3.08. The van der Waals surface area contributed by atoms with Crippen molar-refractivity contribution in [1.29, 1.82) is 0 Å². The van der Waals surface area contributed by atoms with Crippen LogP contribution in [0.4, 0.5) is 24.5 Å². The summed E-state index contributed by atoms with van der Waals surface area (Å²) < 4.78 is 43.5. The van der Waals surface area contributed by atoms with E-state index in [0.29, 0.717) is 23.4 Å². The van der Waals surface area contributed by atoms with E-state index in [1.807, 2.05) is 6.92 Å². The molecule has 2 amide bonds. The first kappa shape index (κ1) is 25.4. The van der Waals surface area contributed by atoms with Crippen LogP contribution < -0.4 is 15.4 Å². The van der Waals surface area contributed by atoms with E-state index in [1.54, 1.807) is 31.2 Å². The van der Waals surface area contributed by atoms with Gasteiger partial charge in [0.25, 0.3) is 11.8 Å². The average molecular weight is 485 g/mol. The Labute approximate surface area is 199 Å². The van der Waals surface area contributed by atoms with Gasteiger partial charge in [0, 0.05) is 29.6 Å². The number of rotatable bonds is 7. The van der Waals surface area contributed by atoms with Crippen LogP contribution in [0.2, 0.25) is 0 Å². The number of pyridine rings is 1. The van der Waals surface area contributed by atoms with Gasteiger partial charge in [0.1, 0.15) is 0 Å². The highest BCUT2D eigenvalue weighted by Gasteiger charge is 2.30. The number of carbonyl (C=O) groups is 3. The molecule has 0 saturated carbocycles. The van der Waals surface area contributed by atoms with E-state index in [-0.39, 0.29) is 23.4 Å². The number of ether oxygens (including phenoxy) is 1. The van der Waals surface area contributed by atoms with E-state index in [9.17, 15) is 27.6 Å². The van der Waals surface area contributed by atoms with Crippen molar-refractivity contribution in [1.82, 2.24) is 4.98 Å². The lowest BCUT2D eigenvalue weighted by molar-refractivity contribution is -0.137. The third-order valence-corrected chi connectivity index (χ3v) is 4.84. The summed E-state index contributed by atoms with van der Waals surface area (Å²) in [6.45, 7) is 3.51. The number of benzene rings is 2. The number of hydrogen-bond acceptors (Lipinski definition) is 5. The Morgan fingerprint density at radius 1 is 0.943 bits per heavy atom. The molecule has 0 radical (unpaired) electrons. The van der Waals surface area contributed by atoms with Gasteiger partial charge in [-0.15, -0.1) is 0 Å². The molecule has 0 fully saturated rings. The maximum Gasteiger partial charge on any atom is 0.416 e. The number of nitrogens with one attached hydrogen (secondary N) is 2. The van der Waals surface area contributed by atoms with Crippen LogP contribution in [0.25, 0.3) is 0 Å². The maximum atomic E-state index is 12.9. The van der Waals surface area contributed by atoms with Crippen molar-refractivity contribution in [3.05, 3.63) is 83.2 Å². The van der Waals surface area contributed by atoms with Crippen LogP contribution in [-0.2, 0) is 11.0 Å². The Kier molecular flexibility index (Phi) is 7.85. The quantitative estimate of drug-likeness (QED) is 0.424. The maximum absolute atomic E-state index is 12.9. The fourth-order valence-corrected chi connectivity index (χ4v) is 3.08. The van der Waals surface area contributed by atoms with Crippen molar-refractivity contribution in [2.24, 2.45) is 0 Å². The molecule has 0 aliphatic rings. The summed E-state index contributed by atoms with van der Waals surface area (Å²) >= 11 is 0. The van der Waals surface area contributed by atoms with Gasteiger partial charge in [-0.3, -0.25) is 14.4 Å². The zero-order chi connectivity index (χ0) is 25.6. The van der Waals surface area contributed by atoms with Crippen molar-refractivity contribution in [3.8, 4) is 5.75 Å². The Morgan fingerprint density at radius 2 is 1.57 bits per heavy atom. The summed E-state index contributed by atoms with van der Waals surface area (Å²) in [5.41, 5.74) is 0.285. The highest BCUT2D eigenvalue weighted by atomic mass is 19.4. The first-order chi connectivity index (χ1) is 16.6. The van der Waals surface area contributed by atoms with Gasteiger partial charge >= 0.3 is 12.1 Å². The van der Waals surface area contributed by atoms with E-state index in [1.165, 1.54) is 12.3 Å². The molecule has 0 spiro atoms. The molecule has 0 aliphatic carbocycles. The van der Waals surface area contributed by atoms with Gasteiger partial charge in [-0.2, -0.15) is 13.2 Å². The lowest BCUT2D eigenvalue weighted by Crippen LogP contribution is -2.18. The molecule has 10 heteroatoms. The Balaban J connectivity index is 1.73. The lowest BCUT2D eigenvalue weighted by Gasteiger charge is -2.13. The molecule has 35 heavy (non-hydrogen) atoms. The third kappa shape index (κ3) is 6.66. The number of anilines is 2. The molecule has 0 bridgehead atoms. The summed E-state index contributed by atoms with van der Waals surface area (Å²) in [7, 11) is 0. The van der Waals surface area contributed by atoms with Crippen LogP contribution in [0.5, 0.6) is 5.75 Å². The number of amides is 2. The van der Waals surface area contributed by atoms with Gasteiger partial charge in [0.05, 0.1) is 5.56 Å². The average Bonchev–Trinajstić information content (AvgIpc) is 2.80. The number of nitrogens with zero attached hydrogens (tertiary/aromatic N) is 1. The molecule has 0 aliphatic heterocycles. The molecule has 1 aromatic heterocycles. The minimum Gasteiger partial charge on any atom is -0.424 e. The molecule has 7 nitrogen and oxygen atoms in total. The molecule has 182 valence electrons. The summed E-state index contributed by atoms with van der Waals surface area (Å²) in [5.74, 6) is -1.66. The highest BCUT2D eigenvalue weighted by molar-refractivity contribution is 6.07. The van der Waals surface area contributed by atoms with Gasteiger partial charge in [-0.25, -0.2) is 4.98 Å². The number of carbonyl (C=O) groups excluding carboxylic acids is 3. The van der Waals surface area contributed by atoms with Gasteiger partial charge in [0.2, 0.25) is 0 Å². The third-order valence-electron chi connectivity index (χ3n) is 4.84. The minimum atomic E-state index is -4.50. The second-order valence-electron chi connectivity index (χ2n) is 7.59. The highest BCUT2D eigenvalue weighted by Crippen LogP contribution is 2.29. The van der Waals surface area contributed by atoms with Crippen LogP contribution in [0, 0.1) is 6.92 Å². The zero-order valence-electron chi connectivity index (χ0n) is 18.9. The van der Waals surface area contributed by atoms with Gasteiger partial charge in [-0.05, 0) is 67.4 Å². The van der Waals surface area contributed by atoms with Crippen molar-refractivity contribution < 1.29 is 32.3 Å². The van der Waals surface area contributed by atoms with Crippen LogP contribution in [0.3, 0.4) is 0 Å². The van der Waals surface area contributed by atoms with E-state index in [2.05, 4.69) is 15.6 Å². The van der Waals surface area contributed by atoms with Crippen molar-refractivity contribution >= 4 is 29.2 Å². The smallest absolute Gasteiger partial charge is 0.416 e. The molecule has 2 N–H and O–H groups in total. The summed E-state index contributed by atoms with van der Waals surface area (Å²) in [5, 5.41) is 5.21. The van der Waals surface area contributed by atoms with E-state index in [0.717, 1.165) is 24.3 Å². The SMILES string of the molecule is CCCC(=O)Oc1c(C)ccnc1C(=O)Nc1cccc(NC(=O)c2ccc(C(F)(F)F)cc2)c1. The van der Waals surface area contributed by atoms with E-state index in [4.69, 9.17) is 4.74 Å². The summed E-state index contributed by atoms with van der Waals surface area (Å²) in [6.07, 6.45) is -2.30. The van der Waals surface area contributed by atoms with Crippen LogP contribution in [-0.4, -0.2) is 22.8 Å². The molecule has 0 saturated heterocycles. The Bertz CT molecular complexity index is 1240. The molecule has 0 unspecified atom stereocenters. The van der Waals surface area contributed by atoms with Crippen LogP contribution in [0.1, 0.15) is 51.7 Å². The summed E-state index contributed by atoms with van der Waals surface area (Å²) in [6, 6.07) is 11.6. The number of halogens is 3. The number of esters is 1. The van der Waals surface area contributed by atoms with Crippen molar-refractivity contribution in [2.75, 3.05) is 10.6 Å². The van der Waals surface area contributed by atoms with Crippen molar-refractivity contribution in [2.45, 2.75) is 32.9 Å². The monoisotopic (exact) mass is 485 g/mol. The van der Waals surface area contributed by atoms with Crippen molar-refractivity contribution in [3.63, 3.8) is 0 Å². The second kappa shape index (κ2) is 10.8. The molecular formula is C25H22F3N3O4. The standard InChI is InChI=1S/C25H22F3N3O4/c1-3-5-20(32)35-22-15(2)12-13-29-21(22)24(34)31-19-7-4-6-18(14-19)30-23(33)16-8-10-17(11-9-16)25(26,27)28/h4,6-14H,3,5H2,1-2H3,(H,30,33)(H,31,34). The predicted octanol–water partition coefficient (Wildman–Crippen LogP) is 5.62. The lowest BCUT2D eigenvalue weighted by atomic mass is 10.1. The number of aryl methyl sites for hydroxylation is 1. The zero-order valence-corrected chi connectivity index (χ0v) is 18.9. The van der Waals surface area contributed by atoms with Gasteiger partial charge in [-0.1, -0.05) is 13.0 Å². The fraction of sp³-hybridized carbons (Fsp3) is 0.200. The van der Waals surface area contributed by atoms with Crippen LogP contribution >= 0.6 is 0 Å². The molecule has 0 atom stereocenters. The molecule has 1 heterocycles. The molecular weight excluding hydrogens is 463 g/mol. The minimum absolute atomic E-state index is 0.0370. The van der Waals surface area contributed by atoms with Gasteiger partial charge in [0.15, 0.2) is 11.4 Å². The topological polar surface area (TPSA) is 97.4 Å². The van der Waals surface area contributed by atoms with E-state index >= 15 is 0 Å². The number of hydrogen-bond donors (Lipinski definition) is 2. The molecule has 3 rings (SSSR count). The molecule has 3 aromatic rings. The predicted molar refractivity (Wildman–Crippen MR) is 123 cm³/mol. The Morgan fingerprint density at radius 3 is 2.17 bits per heavy atom. The van der Waals surface area contributed by atoms with Gasteiger partial charge < -0.3 is 15.4 Å². The summed E-state index contributed by atoms with van der Waals surface area (Å²) in [4.78, 5) is 41.3. The largest absolute Gasteiger partial charge is 0.424 e. The Hall–Kier alpha value is -4.21. The number of aromatic nitrogens is 1. The normalized spacial score (nSPS) is 11.0. The van der Waals surface area contributed by atoms with E-state index < -0.39 is 29.5 Å². The molecule has 2 aromatic carbocycles. The first-order valence-electron chi connectivity index (χ1n) is 10.6. The second-order valence-corrected chi connectivity index (χ2v) is 7.59. The van der Waals surface area contributed by atoms with Crippen LogP contribution in [0.15, 0.2) is 60.8 Å². The first-order valence-corrected chi connectivity index (χ1v) is 10.6. The number of alkyl halides is 3.